The highest BCUT2D eigenvalue weighted by Crippen LogP contribution is 2.33. The number of benzene rings is 2. The standard InChI is InChI=1S/C15H18O3Si/c1-11-7-3-4-8-13(11)17-15-10-6-5-9-14(15)16-12(2)18-19/h3-10,12H,1-2,19H3. The average molecular weight is 274 g/mol. The van der Waals surface area contributed by atoms with Crippen molar-refractivity contribution in [3.05, 3.63) is 54.1 Å². The van der Waals surface area contributed by atoms with Gasteiger partial charge in [-0.3, -0.25) is 0 Å². The molecule has 1 unspecified atom stereocenters. The van der Waals surface area contributed by atoms with Gasteiger partial charge in [-0.1, -0.05) is 30.3 Å². The minimum Gasteiger partial charge on any atom is -0.462 e. The second kappa shape index (κ2) is 6.40. The first kappa shape index (κ1) is 13.6. The second-order valence-electron chi connectivity index (χ2n) is 4.24. The summed E-state index contributed by atoms with van der Waals surface area (Å²) in [6.07, 6.45) is -0.256. The van der Waals surface area contributed by atoms with Crippen molar-refractivity contribution in [1.82, 2.24) is 0 Å². The fourth-order valence-electron chi connectivity index (χ4n) is 1.65. The van der Waals surface area contributed by atoms with E-state index in [1.54, 1.807) is 0 Å². The molecule has 2 aromatic rings. The SMILES string of the molecule is Cc1ccccc1Oc1ccccc1OC(C)O[SiH3]. The third-order valence-electron chi connectivity index (χ3n) is 2.79. The topological polar surface area (TPSA) is 27.7 Å². The zero-order valence-corrected chi connectivity index (χ0v) is 13.4. The summed E-state index contributed by atoms with van der Waals surface area (Å²) >= 11 is 0. The molecule has 3 nitrogen and oxygen atoms in total. The molecule has 0 amide bonds. The van der Waals surface area contributed by atoms with Gasteiger partial charge in [-0.25, -0.2) is 0 Å². The Morgan fingerprint density at radius 2 is 1.47 bits per heavy atom. The lowest BCUT2D eigenvalue weighted by Crippen LogP contribution is -2.14. The van der Waals surface area contributed by atoms with Crippen LogP contribution in [-0.2, 0) is 4.43 Å². The van der Waals surface area contributed by atoms with Gasteiger partial charge in [0.15, 0.2) is 28.3 Å². The molecule has 0 saturated carbocycles. The molecule has 0 bridgehead atoms. The Kier molecular flexibility index (Phi) is 4.60. The van der Waals surface area contributed by atoms with Crippen molar-refractivity contribution in [1.29, 1.82) is 0 Å². The molecule has 4 heteroatoms. The summed E-state index contributed by atoms with van der Waals surface area (Å²) in [5.41, 5.74) is 1.09. The number of hydrogen-bond donors (Lipinski definition) is 0. The molecule has 0 aliphatic rings. The summed E-state index contributed by atoms with van der Waals surface area (Å²) in [6, 6.07) is 15.5. The number of hydrogen-bond acceptors (Lipinski definition) is 3. The first-order valence-corrected chi connectivity index (χ1v) is 7.04. The molecule has 0 fully saturated rings. The van der Waals surface area contributed by atoms with Gasteiger partial charge in [0.25, 0.3) is 0 Å². The number of ether oxygens (including phenoxy) is 2. The van der Waals surface area contributed by atoms with Gasteiger partial charge in [0.2, 0.25) is 0 Å². The van der Waals surface area contributed by atoms with Crippen LogP contribution in [0.2, 0.25) is 0 Å². The van der Waals surface area contributed by atoms with Crippen LogP contribution in [-0.4, -0.2) is 16.8 Å². The van der Waals surface area contributed by atoms with E-state index in [1.807, 2.05) is 62.4 Å². The molecule has 0 aromatic heterocycles. The van der Waals surface area contributed by atoms with Gasteiger partial charge in [0, 0.05) is 0 Å². The van der Waals surface area contributed by atoms with Crippen LogP contribution in [0.5, 0.6) is 17.2 Å². The van der Waals surface area contributed by atoms with Crippen molar-refractivity contribution >= 4 is 10.5 Å². The number of para-hydroxylation sites is 3. The predicted octanol–water partition coefficient (Wildman–Crippen LogP) is 2.81. The highest BCUT2D eigenvalue weighted by molar-refractivity contribution is 5.98. The lowest BCUT2D eigenvalue weighted by Gasteiger charge is -2.17. The van der Waals surface area contributed by atoms with Crippen molar-refractivity contribution in [2.75, 3.05) is 0 Å². The third kappa shape index (κ3) is 3.59. The Balaban J connectivity index is 2.23. The number of aryl methyl sites for hydroxylation is 1. The van der Waals surface area contributed by atoms with Crippen LogP contribution >= 0.6 is 0 Å². The van der Waals surface area contributed by atoms with Gasteiger partial charge in [-0.2, -0.15) is 0 Å². The van der Waals surface area contributed by atoms with Crippen LogP contribution in [0.1, 0.15) is 12.5 Å². The van der Waals surface area contributed by atoms with E-state index in [9.17, 15) is 0 Å². The third-order valence-corrected chi connectivity index (χ3v) is 3.45. The predicted molar refractivity (Wildman–Crippen MR) is 78.8 cm³/mol. The smallest absolute Gasteiger partial charge is 0.187 e. The second-order valence-corrected chi connectivity index (χ2v) is 4.71. The minimum absolute atomic E-state index is 0.256. The van der Waals surface area contributed by atoms with Gasteiger partial charge in [0.05, 0.1) is 0 Å². The fraction of sp³-hybridized carbons (Fsp3) is 0.200. The molecule has 0 saturated heterocycles. The van der Waals surface area contributed by atoms with Gasteiger partial charge >= 0.3 is 0 Å². The molecule has 0 aliphatic carbocycles. The van der Waals surface area contributed by atoms with Crippen LogP contribution in [0, 0.1) is 6.92 Å². The molecule has 0 spiro atoms. The Morgan fingerprint density at radius 3 is 2.11 bits per heavy atom. The van der Waals surface area contributed by atoms with Crippen molar-refractivity contribution in [2.45, 2.75) is 20.1 Å². The maximum Gasteiger partial charge on any atom is 0.187 e. The highest BCUT2D eigenvalue weighted by Gasteiger charge is 2.09. The normalized spacial score (nSPS) is 12.1. The van der Waals surface area contributed by atoms with Gasteiger partial charge in [-0.05, 0) is 37.6 Å². The van der Waals surface area contributed by atoms with Crippen molar-refractivity contribution in [2.24, 2.45) is 0 Å². The Bertz CT molecular complexity index is 542. The van der Waals surface area contributed by atoms with E-state index >= 15 is 0 Å². The maximum atomic E-state index is 5.92. The Morgan fingerprint density at radius 1 is 0.895 bits per heavy atom. The summed E-state index contributed by atoms with van der Waals surface area (Å²) in [4.78, 5) is 0. The van der Waals surface area contributed by atoms with E-state index in [1.165, 1.54) is 0 Å². The van der Waals surface area contributed by atoms with Crippen molar-refractivity contribution in [3.63, 3.8) is 0 Å². The molecule has 0 radical (unpaired) electrons. The Labute approximate surface area is 116 Å². The molecule has 2 rings (SSSR count). The first-order chi connectivity index (χ1) is 9.20. The summed E-state index contributed by atoms with van der Waals surface area (Å²) < 4.78 is 16.9. The lowest BCUT2D eigenvalue weighted by molar-refractivity contribution is 0.0278. The zero-order chi connectivity index (χ0) is 13.7. The monoisotopic (exact) mass is 274 g/mol. The summed E-state index contributed by atoms with van der Waals surface area (Å²) in [5, 5.41) is 0. The summed E-state index contributed by atoms with van der Waals surface area (Å²) in [6.45, 7) is 3.89. The molecule has 0 aliphatic heterocycles. The van der Waals surface area contributed by atoms with Gasteiger partial charge in [0.1, 0.15) is 5.75 Å². The van der Waals surface area contributed by atoms with Gasteiger partial charge in [-0.15, -0.1) is 0 Å². The average Bonchev–Trinajstić information content (AvgIpc) is 2.43. The molecule has 19 heavy (non-hydrogen) atoms. The van der Waals surface area contributed by atoms with E-state index in [-0.39, 0.29) is 6.29 Å². The zero-order valence-electron chi connectivity index (χ0n) is 11.4. The summed E-state index contributed by atoms with van der Waals surface area (Å²) in [7, 11) is 0.642. The molecular formula is C15H18O3Si. The molecular weight excluding hydrogens is 256 g/mol. The maximum absolute atomic E-state index is 5.92. The number of rotatable bonds is 5. The van der Waals surface area contributed by atoms with Crippen LogP contribution in [0.3, 0.4) is 0 Å². The minimum atomic E-state index is -0.256. The van der Waals surface area contributed by atoms with Crippen LogP contribution < -0.4 is 9.47 Å². The fourth-order valence-corrected chi connectivity index (χ4v) is 1.74. The van der Waals surface area contributed by atoms with E-state index in [2.05, 4.69) is 0 Å². The molecule has 2 aromatic carbocycles. The first-order valence-electron chi connectivity index (χ1n) is 6.22. The molecule has 100 valence electrons. The van der Waals surface area contributed by atoms with Crippen LogP contribution in [0.15, 0.2) is 48.5 Å². The van der Waals surface area contributed by atoms with E-state index in [0.717, 1.165) is 11.3 Å². The Hall–Kier alpha value is -1.78. The quantitative estimate of drug-likeness (QED) is 0.620. The van der Waals surface area contributed by atoms with Crippen LogP contribution in [0.25, 0.3) is 0 Å². The molecule has 0 N–H and O–H groups in total. The van der Waals surface area contributed by atoms with E-state index in [0.29, 0.717) is 22.0 Å². The van der Waals surface area contributed by atoms with Crippen molar-refractivity contribution in [3.8, 4) is 17.2 Å². The van der Waals surface area contributed by atoms with Gasteiger partial charge < -0.3 is 13.9 Å². The van der Waals surface area contributed by atoms with E-state index in [4.69, 9.17) is 13.9 Å². The molecule has 0 heterocycles. The highest BCUT2D eigenvalue weighted by atomic mass is 28.2. The largest absolute Gasteiger partial charge is 0.462 e. The van der Waals surface area contributed by atoms with Crippen LogP contribution in [0.4, 0.5) is 0 Å². The van der Waals surface area contributed by atoms with E-state index < -0.39 is 0 Å². The lowest BCUT2D eigenvalue weighted by atomic mass is 10.2. The summed E-state index contributed by atoms with van der Waals surface area (Å²) in [5.74, 6) is 2.22. The van der Waals surface area contributed by atoms with Crippen molar-refractivity contribution < 1.29 is 13.9 Å². The molecule has 1 atom stereocenters.